The van der Waals surface area contributed by atoms with E-state index in [0.29, 0.717) is 12.1 Å². The molecule has 0 bridgehead atoms. The second kappa shape index (κ2) is 7.40. The summed E-state index contributed by atoms with van der Waals surface area (Å²) in [6.45, 7) is 5.73. The van der Waals surface area contributed by atoms with Crippen LogP contribution in [0.15, 0.2) is 48.7 Å². The summed E-state index contributed by atoms with van der Waals surface area (Å²) in [7, 11) is 0. The Hall–Kier alpha value is -3.81. The number of aromatic amines is 2. The summed E-state index contributed by atoms with van der Waals surface area (Å²) in [6.07, 6.45) is 1.60. The van der Waals surface area contributed by atoms with Crippen molar-refractivity contribution in [1.82, 2.24) is 20.1 Å². The number of rotatable bonds is 2. The van der Waals surface area contributed by atoms with E-state index in [0.717, 1.165) is 33.1 Å². The summed E-state index contributed by atoms with van der Waals surface area (Å²) >= 11 is 0. The zero-order chi connectivity index (χ0) is 22.5. The fraction of sp³-hybridized carbons (Fsp3) is 0.292. The highest BCUT2D eigenvalue weighted by molar-refractivity contribution is 5.99. The van der Waals surface area contributed by atoms with E-state index in [1.807, 2.05) is 63.2 Å². The molecule has 0 fully saturated rings. The van der Waals surface area contributed by atoms with E-state index in [-0.39, 0.29) is 12.5 Å². The Bertz CT molecular complexity index is 1330. The number of para-hydroxylation sites is 1. The number of H-pyrrole nitrogens is 2. The summed E-state index contributed by atoms with van der Waals surface area (Å²) in [6, 6.07) is 12.8. The fourth-order valence-corrected chi connectivity index (χ4v) is 4.20. The lowest BCUT2D eigenvalue weighted by molar-refractivity contribution is -0.121. The molecule has 1 atom stereocenters. The molecule has 5 rings (SSSR count). The lowest BCUT2D eigenvalue weighted by Gasteiger charge is -2.35. The first-order valence-corrected chi connectivity index (χ1v) is 10.6. The van der Waals surface area contributed by atoms with Crippen LogP contribution in [-0.2, 0) is 22.5 Å². The van der Waals surface area contributed by atoms with E-state index < -0.39 is 17.7 Å². The first kappa shape index (κ1) is 20.1. The van der Waals surface area contributed by atoms with Crippen LogP contribution in [0.4, 0.5) is 10.5 Å². The first-order valence-electron chi connectivity index (χ1n) is 10.6. The molecule has 0 saturated heterocycles. The lowest BCUT2D eigenvalue weighted by atomic mass is 9.96. The molecule has 1 aliphatic rings. The SMILES string of the molecule is CC(C)(C)OC(=O)N1Cc2[nH]c3ccccc3c2C[C@@H]1C(=O)Nc1ccc2[nH]ncc2c1. The van der Waals surface area contributed by atoms with Crippen LogP contribution in [0.2, 0.25) is 0 Å². The Morgan fingerprint density at radius 3 is 2.78 bits per heavy atom. The molecular weight excluding hydrogens is 406 g/mol. The predicted molar refractivity (Wildman–Crippen MR) is 122 cm³/mol. The summed E-state index contributed by atoms with van der Waals surface area (Å²) < 4.78 is 5.62. The van der Waals surface area contributed by atoms with E-state index in [1.54, 1.807) is 6.20 Å². The van der Waals surface area contributed by atoms with E-state index >= 15 is 0 Å². The number of carbonyl (C=O) groups is 2. The summed E-state index contributed by atoms with van der Waals surface area (Å²) in [5.74, 6) is -0.255. The highest BCUT2D eigenvalue weighted by Gasteiger charge is 2.38. The number of nitrogens with one attached hydrogen (secondary N) is 3. The largest absolute Gasteiger partial charge is 0.444 e. The molecule has 3 heterocycles. The zero-order valence-corrected chi connectivity index (χ0v) is 18.2. The van der Waals surface area contributed by atoms with Gasteiger partial charge in [-0.3, -0.25) is 14.8 Å². The van der Waals surface area contributed by atoms with E-state index in [9.17, 15) is 9.59 Å². The Labute approximate surface area is 184 Å². The van der Waals surface area contributed by atoms with Gasteiger partial charge in [-0.25, -0.2) is 4.79 Å². The van der Waals surface area contributed by atoms with Crippen LogP contribution in [-0.4, -0.2) is 43.7 Å². The minimum atomic E-state index is -0.698. The summed E-state index contributed by atoms with van der Waals surface area (Å²) in [5, 5.41) is 11.9. The quantitative estimate of drug-likeness (QED) is 0.439. The van der Waals surface area contributed by atoms with Gasteiger partial charge in [0.1, 0.15) is 11.6 Å². The fourth-order valence-electron chi connectivity index (χ4n) is 4.20. The van der Waals surface area contributed by atoms with E-state index in [2.05, 4.69) is 20.5 Å². The average molecular weight is 431 g/mol. The third-order valence-corrected chi connectivity index (χ3v) is 5.64. The van der Waals surface area contributed by atoms with Crippen molar-refractivity contribution in [3.63, 3.8) is 0 Å². The Balaban J connectivity index is 1.48. The molecule has 32 heavy (non-hydrogen) atoms. The van der Waals surface area contributed by atoms with Crippen molar-refractivity contribution in [3.8, 4) is 0 Å². The number of hydrogen-bond acceptors (Lipinski definition) is 4. The monoisotopic (exact) mass is 431 g/mol. The molecular formula is C24H25N5O3. The number of carbonyl (C=O) groups excluding carboxylic acids is 2. The standard InChI is InChI=1S/C24H25N5O3/c1-24(2,3)32-23(31)29-13-20-17(16-6-4-5-7-19(16)27-20)11-21(29)22(30)26-15-8-9-18-14(10-15)12-25-28-18/h4-10,12,21,27H,11,13H2,1-3H3,(H,25,28)(H,26,30)/t21-/m1/s1. The minimum absolute atomic E-state index is 0.255. The summed E-state index contributed by atoms with van der Waals surface area (Å²) in [4.78, 5) is 31.3. The molecule has 2 aromatic heterocycles. The number of aromatic nitrogens is 3. The van der Waals surface area contributed by atoms with Crippen LogP contribution in [0.25, 0.3) is 21.8 Å². The van der Waals surface area contributed by atoms with Crippen LogP contribution in [0, 0.1) is 0 Å². The average Bonchev–Trinajstić information content (AvgIpc) is 3.35. The van der Waals surface area contributed by atoms with Crippen molar-refractivity contribution in [3.05, 3.63) is 59.9 Å². The van der Waals surface area contributed by atoms with Gasteiger partial charge in [-0.15, -0.1) is 0 Å². The van der Waals surface area contributed by atoms with Gasteiger partial charge in [0.25, 0.3) is 0 Å². The highest BCUT2D eigenvalue weighted by atomic mass is 16.6. The minimum Gasteiger partial charge on any atom is -0.444 e. The number of benzene rings is 2. The smallest absolute Gasteiger partial charge is 0.411 e. The molecule has 2 aromatic carbocycles. The molecule has 1 aliphatic heterocycles. The molecule has 0 spiro atoms. The maximum absolute atomic E-state index is 13.4. The number of anilines is 1. The van der Waals surface area contributed by atoms with Crippen molar-refractivity contribution >= 4 is 39.5 Å². The molecule has 8 heteroatoms. The molecule has 0 radical (unpaired) electrons. The van der Waals surface area contributed by atoms with Gasteiger partial charge < -0.3 is 15.0 Å². The normalized spacial score (nSPS) is 16.2. The number of nitrogens with zero attached hydrogens (tertiary/aromatic N) is 2. The topological polar surface area (TPSA) is 103 Å². The second-order valence-corrected chi connectivity index (χ2v) is 9.12. The van der Waals surface area contributed by atoms with Crippen LogP contribution in [0.5, 0.6) is 0 Å². The van der Waals surface area contributed by atoms with Gasteiger partial charge in [0.2, 0.25) is 5.91 Å². The lowest BCUT2D eigenvalue weighted by Crippen LogP contribution is -2.51. The van der Waals surface area contributed by atoms with Crippen LogP contribution >= 0.6 is 0 Å². The Morgan fingerprint density at radius 2 is 1.97 bits per heavy atom. The Kier molecular flexibility index (Phi) is 4.65. The van der Waals surface area contributed by atoms with Gasteiger partial charge in [0, 0.05) is 34.1 Å². The third kappa shape index (κ3) is 3.68. The molecule has 3 N–H and O–H groups in total. The number of fused-ring (bicyclic) bond motifs is 4. The van der Waals surface area contributed by atoms with Gasteiger partial charge in [0.15, 0.2) is 0 Å². The molecule has 2 amide bonds. The van der Waals surface area contributed by atoms with Gasteiger partial charge in [-0.1, -0.05) is 18.2 Å². The van der Waals surface area contributed by atoms with Crippen molar-refractivity contribution in [1.29, 1.82) is 0 Å². The van der Waals surface area contributed by atoms with Crippen molar-refractivity contribution in [2.45, 2.75) is 45.4 Å². The number of ether oxygens (including phenoxy) is 1. The van der Waals surface area contributed by atoms with Crippen LogP contribution < -0.4 is 5.32 Å². The van der Waals surface area contributed by atoms with E-state index in [4.69, 9.17) is 4.74 Å². The molecule has 0 unspecified atom stereocenters. The van der Waals surface area contributed by atoms with Gasteiger partial charge >= 0.3 is 6.09 Å². The van der Waals surface area contributed by atoms with Gasteiger partial charge in [0.05, 0.1) is 18.3 Å². The van der Waals surface area contributed by atoms with Crippen LogP contribution in [0.3, 0.4) is 0 Å². The number of hydrogen-bond donors (Lipinski definition) is 3. The van der Waals surface area contributed by atoms with Crippen molar-refractivity contribution < 1.29 is 14.3 Å². The van der Waals surface area contributed by atoms with Gasteiger partial charge in [-0.05, 0) is 50.6 Å². The maximum Gasteiger partial charge on any atom is 0.411 e. The van der Waals surface area contributed by atoms with Crippen molar-refractivity contribution in [2.75, 3.05) is 5.32 Å². The third-order valence-electron chi connectivity index (χ3n) is 5.64. The first-order chi connectivity index (χ1) is 15.3. The molecule has 8 nitrogen and oxygen atoms in total. The molecule has 0 saturated carbocycles. The zero-order valence-electron chi connectivity index (χ0n) is 18.2. The van der Waals surface area contributed by atoms with E-state index in [1.165, 1.54) is 4.90 Å². The second-order valence-electron chi connectivity index (χ2n) is 9.12. The molecule has 164 valence electrons. The molecule has 4 aromatic rings. The van der Waals surface area contributed by atoms with Crippen molar-refractivity contribution in [2.24, 2.45) is 0 Å². The number of amides is 2. The maximum atomic E-state index is 13.4. The Morgan fingerprint density at radius 1 is 1.16 bits per heavy atom. The summed E-state index contributed by atoms with van der Waals surface area (Å²) in [5.41, 5.74) is 3.86. The molecule has 0 aliphatic carbocycles. The van der Waals surface area contributed by atoms with Crippen LogP contribution in [0.1, 0.15) is 32.0 Å². The van der Waals surface area contributed by atoms with Gasteiger partial charge in [-0.2, -0.15) is 5.10 Å². The predicted octanol–water partition coefficient (Wildman–Crippen LogP) is 4.34. The highest BCUT2D eigenvalue weighted by Crippen LogP contribution is 2.32.